The van der Waals surface area contributed by atoms with E-state index >= 15 is 0 Å². The van der Waals surface area contributed by atoms with Crippen LogP contribution in [-0.2, 0) is 11.2 Å². The van der Waals surface area contributed by atoms with Gasteiger partial charge in [-0.3, -0.25) is 0 Å². The van der Waals surface area contributed by atoms with Crippen molar-refractivity contribution < 1.29 is 4.79 Å². The molecule has 0 saturated heterocycles. The van der Waals surface area contributed by atoms with Crippen molar-refractivity contribution in [3.8, 4) is 0 Å². The van der Waals surface area contributed by atoms with Gasteiger partial charge < -0.3 is 4.79 Å². The summed E-state index contributed by atoms with van der Waals surface area (Å²) in [6, 6.07) is 8.45. The third-order valence-electron chi connectivity index (χ3n) is 2.18. The van der Waals surface area contributed by atoms with Gasteiger partial charge in [-0.25, -0.2) is 0 Å². The first kappa shape index (κ1) is 11.7. The molecule has 1 aromatic rings. The number of aldehydes is 1. The predicted octanol–water partition coefficient (Wildman–Crippen LogP) is 3.45. The van der Waals surface area contributed by atoms with E-state index in [1.807, 2.05) is 13.0 Å². The van der Waals surface area contributed by atoms with Crippen molar-refractivity contribution in [3.63, 3.8) is 0 Å². The van der Waals surface area contributed by atoms with E-state index in [4.69, 9.17) is 0 Å². The first-order chi connectivity index (χ1) is 7.36. The molecule has 0 bridgehead atoms. The fourth-order valence-corrected chi connectivity index (χ4v) is 1.47. The second-order valence-corrected chi connectivity index (χ2v) is 3.48. The Morgan fingerprint density at radius 3 is 2.87 bits per heavy atom. The average molecular weight is 201 g/mol. The van der Waals surface area contributed by atoms with E-state index in [2.05, 4.69) is 36.8 Å². The molecule has 0 amide bonds. The van der Waals surface area contributed by atoms with Crippen LogP contribution in [0.15, 0.2) is 30.3 Å². The second kappa shape index (κ2) is 6.99. The molecule has 0 aliphatic heterocycles. The Morgan fingerprint density at radius 1 is 1.27 bits per heavy atom. The Kier molecular flexibility index (Phi) is 5.46. The van der Waals surface area contributed by atoms with Crippen LogP contribution in [0.25, 0.3) is 6.08 Å². The SMILES string of the molecule is CC=Cc1cccc(C[CH]CCC=O)c1. The summed E-state index contributed by atoms with van der Waals surface area (Å²) in [4.78, 5) is 10.1. The Morgan fingerprint density at radius 2 is 2.13 bits per heavy atom. The molecule has 1 nitrogen and oxygen atoms in total. The van der Waals surface area contributed by atoms with E-state index in [9.17, 15) is 4.79 Å². The quantitative estimate of drug-likeness (QED) is 0.509. The highest BCUT2D eigenvalue weighted by Crippen LogP contribution is 2.10. The van der Waals surface area contributed by atoms with E-state index in [1.54, 1.807) is 0 Å². The zero-order valence-electron chi connectivity index (χ0n) is 9.15. The summed E-state index contributed by atoms with van der Waals surface area (Å²) in [6.45, 7) is 2.02. The number of hydrogen-bond donors (Lipinski definition) is 0. The number of rotatable bonds is 6. The lowest BCUT2D eigenvalue weighted by atomic mass is 10.0. The van der Waals surface area contributed by atoms with E-state index < -0.39 is 0 Å². The fraction of sp³-hybridized carbons (Fsp3) is 0.286. The average Bonchev–Trinajstić information content (AvgIpc) is 2.26. The highest BCUT2D eigenvalue weighted by atomic mass is 16.1. The maximum atomic E-state index is 10.1. The van der Waals surface area contributed by atoms with E-state index in [0.717, 1.165) is 19.1 Å². The van der Waals surface area contributed by atoms with Crippen molar-refractivity contribution in [3.05, 3.63) is 47.9 Å². The molecule has 0 spiro atoms. The van der Waals surface area contributed by atoms with Crippen LogP contribution in [0.5, 0.6) is 0 Å². The first-order valence-corrected chi connectivity index (χ1v) is 5.33. The standard InChI is InChI=1S/C14H17O/c1-2-7-13-9-6-10-14(12-13)8-4-3-5-11-15/h2,4,6-7,9-12H,3,5,8H2,1H3. The van der Waals surface area contributed by atoms with Crippen molar-refractivity contribution >= 4 is 12.4 Å². The maximum absolute atomic E-state index is 10.1. The molecule has 0 aliphatic carbocycles. The summed E-state index contributed by atoms with van der Waals surface area (Å²) in [5.41, 5.74) is 2.54. The highest BCUT2D eigenvalue weighted by Gasteiger charge is 1.94. The number of hydrogen-bond acceptors (Lipinski definition) is 1. The molecule has 1 heteroatoms. The zero-order valence-corrected chi connectivity index (χ0v) is 9.15. The van der Waals surface area contributed by atoms with E-state index in [-0.39, 0.29) is 0 Å². The molecule has 0 heterocycles. The Bertz CT molecular complexity index is 326. The van der Waals surface area contributed by atoms with Crippen molar-refractivity contribution in [2.24, 2.45) is 0 Å². The van der Waals surface area contributed by atoms with Gasteiger partial charge in [-0.05, 0) is 37.3 Å². The minimum Gasteiger partial charge on any atom is -0.303 e. The molecule has 0 unspecified atom stereocenters. The summed E-state index contributed by atoms with van der Waals surface area (Å²) in [6.07, 6.45) is 9.70. The normalized spacial score (nSPS) is 10.7. The van der Waals surface area contributed by atoms with Crippen LogP contribution in [0.4, 0.5) is 0 Å². The number of allylic oxidation sites excluding steroid dienone is 1. The predicted molar refractivity (Wildman–Crippen MR) is 64.5 cm³/mol. The number of carbonyl (C=O) groups is 1. The van der Waals surface area contributed by atoms with Gasteiger partial charge >= 0.3 is 0 Å². The van der Waals surface area contributed by atoms with Crippen LogP contribution in [0.1, 0.15) is 30.9 Å². The molecule has 1 rings (SSSR count). The summed E-state index contributed by atoms with van der Waals surface area (Å²) >= 11 is 0. The van der Waals surface area contributed by atoms with Crippen LogP contribution >= 0.6 is 0 Å². The molecule has 0 fully saturated rings. The molecule has 0 aliphatic rings. The van der Waals surface area contributed by atoms with Crippen molar-refractivity contribution in [2.45, 2.75) is 26.2 Å². The van der Waals surface area contributed by atoms with Gasteiger partial charge in [0, 0.05) is 6.42 Å². The topological polar surface area (TPSA) is 17.1 Å². The molecule has 1 radical (unpaired) electrons. The first-order valence-electron chi connectivity index (χ1n) is 5.33. The molecule has 0 saturated carbocycles. The Hall–Kier alpha value is -1.37. The molecule has 15 heavy (non-hydrogen) atoms. The van der Waals surface area contributed by atoms with Crippen LogP contribution in [0.3, 0.4) is 0 Å². The van der Waals surface area contributed by atoms with Crippen molar-refractivity contribution in [1.82, 2.24) is 0 Å². The lowest BCUT2D eigenvalue weighted by Crippen LogP contribution is -1.88. The molecule has 0 N–H and O–H groups in total. The lowest BCUT2D eigenvalue weighted by Gasteiger charge is -2.01. The Labute approximate surface area is 91.8 Å². The number of benzene rings is 1. The van der Waals surface area contributed by atoms with Crippen LogP contribution in [0, 0.1) is 6.42 Å². The summed E-state index contributed by atoms with van der Waals surface area (Å²) in [7, 11) is 0. The summed E-state index contributed by atoms with van der Waals surface area (Å²) in [5.74, 6) is 0. The van der Waals surface area contributed by atoms with Crippen molar-refractivity contribution in [1.29, 1.82) is 0 Å². The van der Waals surface area contributed by atoms with Gasteiger partial charge in [0.1, 0.15) is 6.29 Å². The van der Waals surface area contributed by atoms with Crippen LogP contribution < -0.4 is 0 Å². The molecule has 0 aromatic heterocycles. The monoisotopic (exact) mass is 201 g/mol. The van der Waals surface area contributed by atoms with Gasteiger partial charge in [0.25, 0.3) is 0 Å². The van der Waals surface area contributed by atoms with Gasteiger partial charge in [-0.1, -0.05) is 36.4 Å². The second-order valence-electron chi connectivity index (χ2n) is 3.48. The van der Waals surface area contributed by atoms with Crippen molar-refractivity contribution in [2.75, 3.05) is 0 Å². The zero-order chi connectivity index (χ0) is 10.9. The lowest BCUT2D eigenvalue weighted by molar-refractivity contribution is -0.107. The molecular weight excluding hydrogens is 184 g/mol. The molecular formula is C14H17O. The molecule has 1 aromatic carbocycles. The smallest absolute Gasteiger partial charge is 0.120 e. The minimum absolute atomic E-state index is 0.633. The van der Waals surface area contributed by atoms with E-state index in [0.29, 0.717) is 6.42 Å². The third kappa shape index (κ3) is 4.59. The third-order valence-corrected chi connectivity index (χ3v) is 2.18. The number of unbranched alkanes of at least 4 members (excludes halogenated alkanes) is 2. The minimum atomic E-state index is 0.633. The summed E-state index contributed by atoms with van der Waals surface area (Å²) < 4.78 is 0. The van der Waals surface area contributed by atoms with Gasteiger partial charge in [0.2, 0.25) is 0 Å². The summed E-state index contributed by atoms with van der Waals surface area (Å²) in [5, 5.41) is 0. The van der Waals surface area contributed by atoms with Crippen LogP contribution in [-0.4, -0.2) is 6.29 Å². The largest absolute Gasteiger partial charge is 0.303 e. The maximum Gasteiger partial charge on any atom is 0.120 e. The van der Waals surface area contributed by atoms with Crippen LogP contribution in [0.2, 0.25) is 0 Å². The molecule has 79 valence electrons. The fourth-order valence-electron chi connectivity index (χ4n) is 1.47. The Balaban J connectivity index is 2.46. The highest BCUT2D eigenvalue weighted by molar-refractivity contribution is 5.50. The number of carbonyl (C=O) groups excluding carboxylic acids is 1. The van der Waals surface area contributed by atoms with Gasteiger partial charge in [0.15, 0.2) is 0 Å². The van der Waals surface area contributed by atoms with Gasteiger partial charge in [-0.2, -0.15) is 0 Å². The molecule has 0 atom stereocenters. The van der Waals surface area contributed by atoms with Gasteiger partial charge in [0.05, 0.1) is 0 Å². The van der Waals surface area contributed by atoms with Gasteiger partial charge in [-0.15, -0.1) is 0 Å². The van der Waals surface area contributed by atoms with E-state index in [1.165, 1.54) is 11.1 Å².